The van der Waals surface area contributed by atoms with Crippen molar-refractivity contribution in [3.05, 3.63) is 47.3 Å². The maximum Gasteiger partial charge on any atom is 0.514 e. The molecule has 0 bridgehead atoms. The van der Waals surface area contributed by atoms with E-state index in [-0.39, 0.29) is 38.6 Å². The molecule has 2 saturated heterocycles. The summed E-state index contributed by atoms with van der Waals surface area (Å²) in [6.07, 6.45) is -34.4. The van der Waals surface area contributed by atoms with Gasteiger partial charge in [-0.1, -0.05) is 32.6 Å². The van der Waals surface area contributed by atoms with Crippen LogP contribution in [0.3, 0.4) is 0 Å². The summed E-state index contributed by atoms with van der Waals surface area (Å²) in [6.45, 7) is 13.6. The van der Waals surface area contributed by atoms with Crippen LogP contribution in [0, 0.1) is 94.1 Å². The molecule has 2 fully saturated rings. The molecule has 10 nitrogen and oxygen atoms in total. The first-order valence-electron chi connectivity index (χ1n) is 19.9. The molecule has 0 saturated carbocycles. The number of amides is 1. The van der Waals surface area contributed by atoms with E-state index in [0.29, 0.717) is 6.42 Å². The Morgan fingerprint density at radius 2 is 1.07 bits per heavy atom. The van der Waals surface area contributed by atoms with Crippen LogP contribution in [-0.2, 0) is 14.2 Å². The first-order chi connectivity index (χ1) is 32.8. The van der Waals surface area contributed by atoms with E-state index in [2.05, 4.69) is 104 Å². The molecule has 3 heterocycles. The Kier molecular flexibility index (Phi) is 24.4. The summed E-state index contributed by atoms with van der Waals surface area (Å²) in [5.41, 5.74) is -0.697. The molecule has 28 heteroatoms. The quantitative estimate of drug-likeness (QED) is 0.0676. The smallest absolute Gasteiger partial charge is 0.426 e. The Morgan fingerprint density at radius 1 is 0.676 bits per heavy atom. The van der Waals surface area contributed by atoms with Gasteiger partial charge in [-0.15, -0.1) is 0 Å². The average Bonchev–Trinajstić information content (AvgIpc) is 3.91. The van der Waals surface area contributed by atoms with Crippen molar-refractivity contribution in [1.82, 2.24) is 19.6 Å². The third-order valence-electron chi connectivity index (χ3n) is 9.07. The lowest BCUT2D eigenvalue weighted by Crippen LogP contribution is -2.51. The van der Waals surface area contributed by atoms with Crippen LogP contribution in [0.1, 0.15) is 59.9 Å². The molecule has 1 amide bonds. The normalized spacial score (nSPS) is 14.9. The number of piperidine rings is 1. The number of ether oxygens (including phenoxy) is 4. The molecule has 4 rings (SSSR count). The molecule has 0 aliphatic carbocycles. The number of alkyl halides is 12. The van der Waals surface area contributed by atoms with Crippen LogP contribution in [0.4, 0.5) is 88.6 Å². The van der Waals surface area contributed by atoms with Crippen molar-refractivity contribution in [2.75, 3.05) is 39.3 Å². The predicted molar refractivity (Wildman–Crippen MR) is 211 cm³/mol. The van der Waals surface area contributed by atoms with E-state index in [4.69, 9.17) is 4.74 Å². The van der Waals surface area contributed by atoms with Crippen LogP contribution in [0.25, 0.3) is 0 Å². The van der Waals surface area contributed by atoms with Crippen LogP contribution in [-0.4, -0.2) is 114 Å². The summed E-state index contributed by atoms with van der Waals surface area (Å²) >= 11 is 0. The Balaban J connectivity index is 0.000000528. The van der Waals surface area contributed by atoms with Gasteiger partial charge in [0.2, 0.25) is 34.8 Å². The third-order valence-corrected chi connectivity index (χ3v) is 9.07. The second-order valence-electron chi connectivity index (χ2n) is 13.8. The Bertz CT molecular complexity index is 2310. The van der Waals surface area contributed by atoms with Gasteiger partial charge >= 0.3 is 37.0 Å². The predicted octanol–water partition coefficient (Wildman–Crippen LogP) is 10.2. The molecule has 2 aromatic rings. The maximum atomic E-state index is 13.1. The largest absolute Gasteiger partial charge is 0.514 e. The topological polar surface area (TPSA) is 95.4 Å². The molecular formula is C43H38F18N4O6. The standard InChI is InChI=1S/C15H16F7N3O3.C12H6.C10HF11O3.C6H15N/c16-9-6-23-25(7-9)10-5-13(27-8-10)1-3-24(4-2-13)12(26)28-11(14(17,18)19)15(20,21)22;1-3-5-7-9-11-12-10-8-6-4-2;11-1-2(12)4(14)6(5(15)3(1)13)23-8(22)24-7(9(16,17)18)10(19,20)21;1-4-7(5-2)6-3/h6-7,10-11H,1-5,8H2;1-2H3;7H;4-6H2,1-3H3/t10-;;;/m1.../s1. The zero-order chi connectivity index (χ0) is 54.5. The SMILES string of the molecule is CC#CC#CC#CC#CC#CC.CCN(CC)CC.O=C(OC(C(F)(F)F)C(F)(F)F)N1CCC2(CC1)C[C@@H](n1cc(F)cn1)CO2.O=C(Oc1c(F)c(F)c(F)c(F)c1F)OC(C(F)(F)F)C(F)(F)F. The fourth-order valence-electron chi connectivity index (χ4n) is 5.63. The summed E-state index contributed by atoms with van der Waals surface area (Å²) in [4.78, 5) is 25.8. The number of hydrogen-bond donors (Lipinski definition) is 0. The van der Waals surface area contributed by atoms with Gasteiger partial charge in [-0.2, -0.15) is 66.6 Å². The summed E-state index contributed by atoms with van der Waals surface area (Å²) in [5.74, 6) is 9.00. The number of rotatable bonds is 7. The highest BCUT2D eigenvalue weighted by Crippen LogP contribution is 2.42. The van der Waals surface area contributed by atoms with Gasteiger partial charge < -0.3 is 28.7 Å². The minimum absolute atomic E-state index is 0.124. The molecular weight excluding hydrogens is 1010 g/mol. The first kappa shape index (κ1) is 62.4. The number of nitrogens with zero attached hydrogens (tertiary/aromatic N) is 4. The molecule has 0 radical (unpaired) electrons. The first-order valence-corrected chi connectivity index (χ1v) is 19.9. The summed E-state index contributed by atoms with van der Waals surface area (Å²) < 4.78 is 242. The lowest BCUT2D eigenvalue weighted by atomic mass is 9.87. The summed E-state index contributed by atoms with van der Waals surface area (Å²) in [7, 11) is 0. The van der Waals surface area contributed by atoms with Crippen LogP contribution in [0.15, 0.2) is 12.4 Å². The van der Waals surface area contributed by atoms with Gasteiger partial charge in [0, 0.05) is 19.5 Å². The highest BCUT2D eigenvalue weighted by molar-refractivity contribution is 5.68. The number of carbonyl (C=O) groups excluding carboxylic acids is 2. The number of carbonyl (C=O) groups is 2. The van der Waals surface area contributed by atoms with Crippen LogP contribution in [0.5, 0.6) is 5.75 Å². The molecule has 2 aliphatic rings. The second-order valence-corrected chi connectivity index (χ2v) is 13.8. The highest BCUT2D eigenvalue weighted by Gasteiger charge is 2.61. The molecule has 1 spiro atoms. The van der Waals surface area contributed by atoms with E-state index in [9.17, 15) is 88.6 Å². The molecule has 71 heavy (non-hydrogen) atoms. The van der Waals surface area contributed by atoms with Crippen LogP contribution >= 0.6 is 0 Å². The number of likely N-dealkylation sites (tertiary alicyclic amines) is 1. The fraction of sp³-hybridized carbons (Fsp3) is 0.512. The molecule has 392 valence electrons. The lowest BCUT2D eigenvalue weighted by Gasteiger charge is -2.38. The van der Waals surface area contributed by atoms with E-state index in [1.54, 1.807) is 13.8 Å². The van der Waals surface area contributed by atoms with Crippen molar-refractivity contribution in [2.24, 2.45) is 0 Å². The lowest BCUT2D eigenvalue weighted by molar-refractivity contribution is -0.309. The zero-order valence-corrected chi connectivity index (χ0v) is 37.3. The average molecular weight is 1050 g/mol. The van der Waals surface area contributed by atoms with Gasteiger partial charge in [0.05, 0.1) is 30.6 Å². The van der Waals surface area contributed by atoms with Crippen molar-refractivity contribution in [3.8, 4) is 65.0 Å². The maximum absolute atomic E-state index is 13.1. The zero-order valence-electron chi connectivity index (χ0n) is 37.3. The van der Waals surface area contributed by atoms with Gasteiger partial charge in [0.25, 0.3) is 12.2 Å². The van der Waals surface area contributed by atoms with E-state index in [1.807, 2.05) is 0 Å². The molecule has 0 unspecified atom stereocenters. The summed E-state index contributed by atoms with van der Waals surface area (Å²) in [6, 6.07) is -0.247. The number of halogens is 18. The van der Waals surface area contributed by atoms with Crippen LogP contribution in [0.2, 0.25) is 0 Å². The number of aromatic nitrogens is 2. The molecule has 1 aromatic carbocycles. The molecule has 1 aromatic heterocycles. The van der Waals surface area contributed by atoms with Gasteiger partial charge in [0.15, 0.2) is 5.82 Å². The molecule has 1 atom stereocenters. The second kappa shape index (κ2) is 27.7. The van der Waals surface area contributed by atoms with E-state index >= 15 is 0 Å². The Hall–Kier alpha value is -6.57. The van der Waals surface area contributed by atoms with Gasteiger partial charge in [0.1, 0.15) is 0 Å². The third kappa shape index (κ3) is 20.4. The number of hydrogen-bond acceptors (Lipinski definition) is 8. The van der Waals surface area contributed by atoms with E-state index in [1.165, 1.54) is 30.5 Å². The molecule has 2 aliphatic heterocycles. The highest BCUT2D eigenvalue weighted by atomic mass is 19.4. The van der Waals surface area contributed by atoms with Crippen molar-refractivity contribution in [3.63, 3.8) is 0 Å². The summed E-state index contributed by atoms with van der Waals surface area (Å²) in [5, 5.41) is 3.86. The van der Waals surface area contributed by atoms with Crippen molar-refractivity contribution >= 4 is 12.2 Å². The van der Waals surface area contributed by atoms with Gasteiger partial charge in [-0.05, 0) is 93.7 Å². The minimum atomic E-state index is -6.19. The van der Waals surface area contributed by atoms with Gasteiger partial charge in [-0.25, -0.2) is 27.2 Å². The van der Waals surface area contributed by atoms with Gasteiger partial charge in [-0.3, -0.25) is 4.68 Å². The number of benzene rings is 1. The van der Waals surface area contributed by atoms with E-state index < -0.39 is 95.4 Å². The van der Waals surface area contributed by atoms with Crippen molar-refractivity contribution in [1.29, 1.82) is 0 Å². The molecule has 0 N–H and O–H groups in total. The Morgan fingerprint density at radius 3 is 1.42 bits per heavy atom. The van der Waals surface area contributed by atoms with Crippen molar-refractivity contribution in [2.45, 2.75) is 102 Å². The van der Waals surface area contributed by atoms with Crippen LogP contribution < -0.4 is 4.74 Å². The minimum Gasteiger partial charge on any atom is -0.426 e. The Labute approximate surface area is 393 Å². The fourth-order valence-corrected chi connectivity index (χ4v) is 5.63. The monoisotopic (exact) mass is 1050 g/mol. The van der Waals surface area contributed by atoms with Crippen molar-refractivity contribution < 1.29 is 108 Å². The van der Waals surface area contributed by atoms with E-state index in [0.717, 1.165) is 11.1 Å².